The molecule has 0 spiro atoms. The van der Waals surface area contributed by atoms with Crippen LogP contribution in [0.3, 0.4) is 0 Å². The second-order valence-electron chi connectivity index (χ2n) is 9.31. The van der Waals surface area contributed by atoms with E-state index < -0.39 is 17.4 Å². The summed E-state index contributed by atoms with van der Waals surface area (Å²) in [6.07, 6.45) is 5.13. The third-order valence-corrected chi connectivity index (χ3v) is 12.5. The van der Waals surface area contributed by atoms with Crippen molar-refractivity contribution in [2.75, 3.05) is 47.3 Å². The molecule has 234 valence electrons. The summed E-state index contributed by atoms with van der Waals surface area (Å²) in [5.41, 5.74) is 2.61. The highest BCUT2D eigenvalue weighted by Crippen LogP contribution is 2.20. The molecule has 0 unspecified atom stereocenters. The van der Waals surface area contributed by atoms with Gasteiger partial charge >= 0.3 is 23.3 Å². The van der Waals surface area contributed by atoms with Gasteiger partial charge in [0.2, 0.25) is 0 Å². The third-order valence-electron chi connectivity index (χ3n) is 6.36. The molecule has 0 heterocycles. The fourth-order valence-corrected chi connectivity index (χ4v) is 7.81. The maximum absolute atomic E-state index is 11.8. The lowest BCUT2D eigenvalue weighted by atomic mass is 10.1. The third kappa shape index (κ3) is 14.1. The smallest absolute Gasteiger partial charge is 0.494 e. The molecular formula is C32H50O8Si2. The minimum absolute atomic E-state index is 0.307. The molecule has 2 rings (SSSR count). The zero-order valence-electron chi connectivity index (χ0n) is 26.3. The Labute approximate surface area is 255 Å². The van der Waals surface area contributed by atoms with E-state index >= 15 is 0 Å². The van der Waals surface area contributed by atoms with E-state index in [1.165, 1.54) is 0 Å². The van der Waals surface area contributed by atoms with Crippen LogP contribution in [-0.2, 0) is 26.9 Å². The number of esters is 1. The molecule has 42 heavy (non-hydrogen) atoms. The van der Waals surface area contributed by atoms with Crippen LogP contribution in [0.25, 0.3) is 12.2 Å². The van der Waals surface area contributed by atoms with Gasteiger partial charge < -0.3 is 31.6 Å². The van der Waals surface area contributed by atoms with Crippen LogP contribution >= 0.6 is 0 Å². The van der Waals surface area contributed by atoms with Crippen molar-refractivity contribution >= 4 is 35.5 Å². The number of rotatable bonds is 20. The van der Waals surface area contributed by atoms with Crippen LogP contribution in [-0.4, -0.2) is 70.6 Å². The summed E-state index contributed by atoms with van der Waals surface area (Å²) in [5, 5.41) is 0. The average molecular weight is 619 g/mol. The van der Waals surface area contributed by atoms with Crippen molar-refractivity contribution in [1.82, 2.24) is 0 Å². The Hall–Kier alpha value is -2.58. The largest absolute Gasteiger partial charge is 0.501 e. The molecule has 0 saturated heterocycles. The topological polar surface area (TPSA) is 81.7 Å². The van der Waals surface area contributed by atoms with Gasteiger partial charge in [0.25, 0.3) is 0 Å². The number of carbonyl (C=O) groups excluding carboxylic acids is 1. The monoisotopic (exact) mass is 618 g/mol. The number of carbonyl (C=O) groups is 1. The van der Waals surface area contributed by atoms with Gasteiger partial charge in [0, 0.05) is 40.1 Å². The summed E-state index contributed by atoms with van der Waals surface area (Å²) < 4.78 is 39.2. The van der Waals surface area contributed by atoms with Crippen LogP contribution in [0.15, 0.2) is 61.7 Å². The van der Waals surface area contributed by atoms with E-state index in [4.69, 9.17) is 31.6 Å². The Morgan fingerprint density at radius 1 is 0.738 bits per heavy atom. The summed E-state index contributed by atoms with van der Waals surface area (Å²) in [6.45, 7) is 18.1. The predicted molar refractivity (Wildman–Crippen MR) is 174 cm³/mol. The summed E-state index contributed by atoms with van der Waals surface area (Å²) in [5.74, 6) is 0.556. The lowest BCUT2D eigenvalue weighted by Crippen LogP contribution is -2.46. The van der Waals surface area contributed by atoms with Gasteiger partial charge in [0.05, 0.1) is 18.8 Å². The van der Waals surface area contributed by atoms with E-state index in [0.717, 1.165) is 41.8 Å². The Morgan fingerprint density at radius 3 is 1.67 bits per heavy atom. The van der Waals surface area contributed by atoms with E-state index in [9.17, 15) is 4.79 Å². The highest BCUT2D eigenvalue weighted by atomic mass is 28.4. The zero-order chi connectivity index (χ0) is 31.3. The molecule has 0 fully saturated rings. The maximum Gasteiger partial charge on any atom is 0.501 e. The Morgan fingerprint density at radius 2 is 1.21 bits per heavy atom. The lowest BCUT2D eigenvalue weighted by molar-refractivity contribution is 0.0501. The molecule has 2 aromatic carbocycles. The van der Waals surface area contributed by atoms with Gasteiger partial charge in [-0.1, -0.05) is 49.6 Å². The standard InChI is InChI=1S/C17H28O4Si.C15H22O4Si/c1-5-16-10-12-17(13-11-16)18-14-9-15-22(19-6-2,20-7-3)21-8-4;1-5-13-7-9-14(10-8-13)15(16)19-11-6-12-20(4,17-2)18-3/h5,10-13H,1,6-9,14-15H2,2-4H3;5,7-10H,1,6,11-12H2,2-4H3. The van der Waals surface area contributed by atoms with Crippen molar-refractivity contribution in [2.24, 2.45) is 0 Å². The van der Waals surface area contributed by atoms with Crippen LogP contribution in [0.4, 0.5) is 0 Å². The summed E-state index contributed by atoms with van der Waals surface area (Å²) in [6, 6.07) is 16.6. The highest BCUT2D eigenvalue weighted by molar-refractivity contribution is 6.65. The van der Waals surface area contributed by atoms with Crippen LogP contribution in [0.2, 0.25) is 18.6 Å². The molecule has 10 heteroatoms. The maximum atomic E-state index is 11.8. The van der Waals surface area contributed by atoms with E-state index in [1.54, 1.807) is 32.4 Å². The van der Waals surface area contributed by atoms with Crippen LogP contribution in [0.1, 0.15) is 55.1 Å². The van der Waals surface area contributed by atoms with Gasteiger partial charge in [-0.3, -0.25) is 0 Å². The Bertz CT molecular complexity index is 1010. The molecule has 0 saturated carbocycles. The minimum Gasteiger partial charge on any atom is -0.494 e. The van der Waals surface area contributed by atoms with Gasteiger partial charge in [0.15, 0.2) is 0 Å². The number of hydrogen-bond donors (Lipinski definition) is 0. The van der Waals surface area contributed by atoms with Gasteiger partial charge in [-0.2, -0.15) is 0 Å². The second kappa shape index (κ2) is 21.2. The van der Waals surface area contributed by atoms with Crippen LogP contribution in [0.5, 0.6) is 5.75 Å². The Kier molecular flexibility index (Phi) is 18.9. The molecule has 0 atom stereocenters. The number of hydrogen-bond acceptors (Lipinski definition) is 8. The summed E-state index contributed by atoms with van der Waals surface area (Å²) >= 11 is 0. The normalized spacial score (nSPS) is 11.3. The van der Waals surface area contributed by atoms with E-state index in [2.05, 4.69) is 13.2 Å². The molecule has 8 nitrogen and oxygen atoms in total. The molecule has 0 radical (unpaired) electrons. The fraction of sp³-hybridized carbons (Fsp3) is 0.469. The Balaban J connectivity index is 0.000000422. The van der Waals surface area contributed by atoms with Crippen molar-refractivity contribution < 1.29 is 36.4 Å². The van der Waals surface area contributed by atoms with Gasteiger partial charge in [-0.15, -0.1) is 0 Å². The van der Waals surface area contributed by atoms with Crippen molar-refractivity contribution in [3.8, 4) is 5.75 Å². The molecule has 0 aliphatic carbocycles. The summed E-state index contributed by atoms with van der Waals surface area (Å²) in [7, 11) is -1.29. The first-order chi connectivity index (χ1) is 20.2. The fourth-order valence-electron chi connectivity index (χ4n) is 3.86. The zero-order valence-corrected chi connectivity index (χ0v) is 28.3. The number of ether oxygens (including phenoxy) is 2. The first-order valence-corrected chi connectivity index (χ1v) is 19.0. The van der Waals surface area contributed by atoms with Crippen molar-refractivity contribution in [1.29, 1.82) is 0 Å². The van der Waals surface area contributed by atoms with Crippen molar-refractivity contribution in [2.45, 2.75) is 52.2 Å². The molecule has 0 bridgehead atoms. The molecule has 0 aromatic heterocycles. The molecule has 0 amide bonds. The molecule has 0 aliphatic rings. The summed E-state index contributed by atoms with van der Waals surface area (Å²) in [4.78, 5) is 11.8. The quantitative estimate of drug-likeness (QED) is 0.0863. The highest BCUT2D eigenvalue weighted by Gasteiger charge is 2.39. The van der Waals surface area contributed by atoms with Gasteiger partial charge in [0.1, 0.15) is 5.75 Å². The van der Waals surface area contributed by atoms with Gasteiger partial charge in [-0.25, -0.2) is 4.79 Å². The number of benzene rings is 2. The van der Waals surface area contributed by atoms with Gasteiger partial charge in [-0.05, 0) is 81.6 Å². The van der Waals surface area contributed by atoms with Crippen molar-refractivity contribution in [3.05, 3.63) is 78.4 Å². The second-order valence-corrected chi connectivity index (χ2v) is 15.6. The van der Waals surface area contributed by atoms with E-state index in [0.29, 0.717) is 38.6 Å². The molecule has 0 aliphatic heterocycles. The van der Waals surface area contributed by atoms with Crippen LogP contribution in [0, 0.1) is 0 Å². The molecule has 2 aromatic rings. The first kappa shape index (κ1) is 37.4. The minimum atomic E-state index is -2.54. The molecular weight excluding hydrogens is 569 g/mol. The van der Waals surface area contributed by atoms with Crippen LogP contribution < -0.4 is 4.74 Å². The lowest BCUT2D eigenvalue weighted by Gasteiger charge is -2.28. The van der Waals surface area contributed by atoms with E-state index in [-0.39, 0.29) is 5.97 Å². The molecule has 0 N–H and O–H groups in total. The first-order valence-electron chi connectivity index (χ1n) is 14.5. The average Bonchev–Trinajstić information content (AvgIpc) is 3.02. The van der Waals surface area contributed by atoms with Crippen molar-refractivity contribution in [3.63, 3.8) is 0 Å². The van der Waals surface area contributed by atoms with E-state index in [1.807, 2.05) is 69.8 Å². The predicted octanol–water partition coefficient (Wildman–Crippen LogP) is 7.39. The SMILES string of the molecule is C=Cc1ccc(C(=O)OCCC[Si](C)(OC)OC)cc1.C=Cc1ccc(OCCC[Si](OCC)(OCC)OCC)cc1.